The molecule has 3 aromatic rings. The van der Waals surface area contributed by atoms with Crippen LogP contribution in [0, 0.1) is 0 Å². The van der Waals surface area contributed by atoms with Crippen LogP contribution in [0.25, 0.3) is 11.0 Å². The van der Waals surface area contributed by atoms with Crippen LogP contribution in [0.1, 0.15) is 50.5 Å². The Kier molecular flexibility index (Phi) is 8.41. The molecule has 39 heavy (non-hydrogen) atoms. The average Bonchev–Trinajstić information content (AvgIpc) is 3.29. The zero-order valence-electron chi connectivity index (χ0n) is 22.3. The van der Waals surface area contributed by atoms with Crippen LogP contribution in [0.5, 0.6) is 0 Å². The smallest absolute Gasteiger partial charge is 0.322 e. The molecular formula is C28H34N4O6S. The SMILES string of the molecule is CC(C)(C)c1ccc(S(=O)(=O)NC(Cc2cc3cc(CCC(=O)NC4=NCCCN4)ccc3o2)C(=O)O)cc1. The number of aliphatic imine (C=N–C) groups is 1. The molecule has 0 spiro atoms. The lowest BCUT2D eigenvalue weighted by Crippen LogP contribution is -2.43. The zero-order valence-corrected chi connectivity index (χ0v) is 23.1. The number of fused-ring (bicyclic) bond motifs is 1. The highest BCUT2D eigenvalue weighted by molar-refractivity contribution is 7.89. The first-order chi connectivity index (χ1) is 18.4. The van der Waals surface area contributed by atoms with Gasteiger partial charge in [-0.25, -0.2) is 8.42 Å². The number of sulfonamides is 1. The number of amides is 1. The minimum atomic E-state index is -4.07. The number of nitrogens with one attached hydrogen (secondary N) is 3. The molecule has 0 radical (unpaired) electrons. The fourth-order valence-corrected chi connectivity index (χ4v) is 5.43. The van der Waals surface area contributed by atoms with Gasteiger partial charge in [-0.3, -0.25) is 19.9 Å². The van der Waals surface area contributed by atoms with Crippen LogP contribution in [-0.4, -0.2) is 50.5 Å². The number of furan rings is 1. The van der Waals surface area contributed by atoms with E-state index in [1.165, 1.54) is 12.1 Å². The molecule has 0 fully saturated rings. The van der Waals surface area contributed by atoms with E-state index in [4.69, 9.17) is 4.42 Å². The highest BCUT2D eigenvalue weighted by atomic mass is 32.2. The van der Waals surface area contributed by atoms with Crippen molar-refractivity contribution in [3.63, 3.8) is 0 Å². The summed E-state index contributed by atoms with van der Waals surface area (Å²) >= 11 is 0. The van der Waals surface area contributed by atoms with Crippen molar-refractivity contribution in [2.75, 3.05) is 13.1 Å². The molecule has 1 unspecified atom stereocenters. The second-order valence-electron chi connectivity index (χ2n) is 10.6. The summed E-state index contributed by atoms with van der Waals surface area (Å²) in [6.07, 6.45) is 1.55. The van der Waals surface area contributed by atoms with Crippen LogP contribution in [0.4, 0.5) is 0 Å². The minimum absolute atomic E-state index is 0.00799. The number of carboxylic acids is 1. The Morgan fingerprint density at radius 1 is 1.13 bits per heavy atom. The zero-order chi connectivity index (χ0) is 28.2. The Bertz CT molecular complexity index is 1490. The molecule has 4 rings (SSSR count). The molecule has 208 valence electrons. The van der Waals surface area contributed by atoms with E-state index in [2.05, 4.69) is 20.3 Å². The third-order valence-corrected chi connectivity index (χ3v) is 7.95. The van der Waals surface area contributed by atoms with E-state index in [-0.39, 0.29) is 29.1 Å². The van der Waals surface area contributed by atoms with Crippen molar-refractivity contribution in [2.24, 2.45) is 4.99 Å². The maximum atomic E-state index is 12.9. The number of carbonyl (C=O) groups excluding carboxylic acids is 1. The summed E-state index contributed by atoms with van der Waals surface area (Å²) in [5.41, 5.74) is 2.28. The van der Waals surface area contributed by atoms with Gasteiger partial charge >= 0.3 is 5.97 Å². The third kappa shape index (κ3) is 7.45. The van der Waals surface area contributed by atoms with Crippen molar-refractivity contribution in [1.29, 1.82) is 0 Å². The normalized spacial score (nSPS) is 14.9. The lowest BCUT2D eigenvalue weighted by molar-refractivity contribution is -0.139. The largest absolute Gasteiger partial charge is 0.480 e. The highest BCUT2D eigenvalue weighted by Gasteiger charge is 2.27. The quantitative estimate of drug-likeness (QED) is 0.317. The molecule has 1 atom stereocenters. The van der Waals surface area contributed by atoms with Crippen LogP contribution < -0.4 is 15.4 Å². The van der Waals surface area contributed by atoms with E-state index in [1.54, 1.807) is 24.3 Å². The summed E-state index contributed by atoms with van der Waals surface area (Å²) in [5.74, 6) is -0.610. The van der Waals surface area contributed by atoms with Crippen LogP contribution in [0.3, 0.4) is 0 Å². The van der Waals surface area contributed by atoms with Gasteiger partial charge in [0.05, 0.1) is 4.90 Å². The standard InChI is InChI=1S/C28H34N4O6S/c1-28(2,3)20-7-9-22(10-8-20)39(36,37)32-23(26(34)35)17-21-16-19-15-18(5-11-24(19)38-21)6-12-25(33)31-27-29-13-4-14-30-27/h5,7-11,15-16,23,32H,4,6,12-14,17H2,1-3H3,(H,34,35)(H2,29,30,31,33). The summed E-state index contributed by atoms with van der Waals surface area (Å²) in [5, 5.41) is 16.3. The maximum Gasteiger partial charge on any atom is 0.322 e. The maximum absolute atomic E-state index is 12.9. The van der Waals surface area contributed by atoms with Crippen molar-refractivity contribution in [3.05, 3.63) is 65.4 Å². The van der Waals surface area contributed by atoms with Crippen molar-refractivity contribution >= 4 is 38.8 Å². The summed E-state index contributed by atoms with van der Waals surface area (Å²) in [4.78, 5) is 28.4. The predicted octanol–water partition coefficient (Wildman–Crippen LogP) is 3.10. The third-order valence-electron chi connectivity index (χ3n) is 6.46. The number of carboxylic acid groups (broad SMARTS) is 1. The molecule has 1 aliphatic heterocycles. The van der Waals surface area contributed by atoms with Crippen molar-refractivity contribution in [1.82, 2.24) is 15.4 Å². The Morgan fingerprint density at radius 2 is 1.87 bits per heavy atom. The van der Waals surface area contributed by atoms with Gasteiger partial charge in [0.25, 0.3) is 0 Å². The summed E-state index contributed by atoms with van der Waals surface area (Å²) in [6, 6.07) is 12.2. The van der Waals surface area contributed by atoms with Gasteiger partial charge in [0.1, 0.15) is 17.4 Å². The minimum Gasteiger partial charge on any atom is -0.480 e. The molecule has 0 bridgehead atoms. The molecule has 0 aliphatic carbocycles. The molecule has 11 heteroatoms. The van der Waals surface area contributed by atoms with E-state index in [0.29, 0.717) is 30.3 Å². The Balaban J connectivity index is 1.41. The molecule has 2 aromatic carbocycles. The van der Waals surface area contributed by atoms with Crippen molar-refractivity contribution < 1.29 is 27.5 Å². The van der Waals surface area contributed by atoms with Gasteiger partial charge in [0, 0.05) is 31.3 Å². The monoisotopic (exact) mass is 554 g/mol. The predicted molar refractivity (Wildman–Crippen MR) is 148 cm³/mol. The van der Waals surface area contributed by atoms with Gasteiger partial charge in [-0.05, 0) is 59.7 Å². The number of carbonyl (C=O) groups is 2. The fraction of sp³-hybridized carbons (Fsp3) is 0.393. The van der Waals surface area contributed by atoms with Crippen molar-refractivity contribution in [2.45, 2.75) is 62.8 Å². The Hall–Kier alpha value is -3.70. The summed E-state index contributed by atoms with van der Waals surface area (Å²) in [6.45, 7) is 7.54. The van der Waals surface area contributed by atoms with Crippen LogP contribution >= 0.6 is 0 Å². The molecule has 4 N–H and O–H groups in total. The Morgan fingerprint density at radius 3 is 2.51 bits per heavy atom. The van der Waals surface area contributed by atoms with Gasteiger partial charge < -0.3 is 14.8 Å². The molecule has 1 aromatic heterocycles. The molecular weight excluding hydrogens is 520 g/mol. The van der Waals surface area contributed by atoms with Crippen LogP contribution in [0.2, 0.25) is 0 Å². The highest BCUT2D eigenvalue weighted by Crippen LogP contribution is 2.25. The number of hydrogen-bond acceptors (Lipinski definition) is 7. The number of guanidine groups is 1. The topological polar surface area (TPSA) is 150 Å². The molecule has 10 nitrogen and oxygen atoms in total. The number of nitrogens with zero attached hydrogens (tertiary/aromatic N) is 1. The molecule has 0 saturated carbocycles. The Labute approximate surface area is 227 Å². The number of hydrogen-bond donors (Lipinski definition) is 4. The lowest BCUT2D eigenvalue weighted by Gasteiger charge is -2.19. The first kappa shape index (κ1) is 28.3. The van der Waals surface area contributed by atoms with Gasteiger partial charge in [-0.15, -0.1) is 0 Å². The van der Waals surface area contributed by atoms with Gasteiger partial charge in [-0.1, -0.05) is 39.0 Å². The van der Waals surface area contributed by atoms with E-state index in [0.717, 1.165) is 29.5 Å². The van der Waals surface area contributed by atoms with Crippen molar-refractivity contribution in [3.8, 4) is 0 Å². The number of aliphatic carboxylic acids is 1. The molecule has 2 heterocycles. The van der Waals surface area contributed by atoms with E-state index >= 15 is 0 Å². The summed E-state index contributed by atoms with van der Waals surface area (Å²) in [7, 11) is -4.07. The number of rotatable bonds is 9. The molecule has 0 saturated heterocycles. The van der Waals surface area contributed by atoms with E-state index < -0.39 is 22.0 Å². The summed E-state index contributed by atoms with van der Waals surface area (Å²) < 4.78 is 33.9. The van der Waals surface area contributed by atoms with Crippen LogP contribution in [-0.2, 0) is 37.9 Å². The number of benzene rings is 2. The first-order valence-electron chi connectivity index (χ1n) is 12.9. The second kappa shape index (κ2) is 11.6. The van der Waals surface area contributed by atoms with E-state index in [9.17, 15) is 23.1 Å². The second-order valence-corrected chi connectivity index (χ2v) is 12.3. The van der Waals surface area contributed by atoms with Crippen LogP contribution in [0.15, 0.2) is 62.8 Å². The average molecular weight is 555 g/mol. The van der Waals surface area contributed by atoms with Gasteiger partial charge in [0.2, 0.25) is 15.9 Å². The molecule has 1 aliphatic rings. The van der Waals surface area contributed by atoms with Gasteiger partial charge in [0.15, 0.2) is 5.96 Å². The fourth-order valence-electron chi connectivity index (χ4n) is 4.24. The number of aryl methyl sites for hydroxylation is 1. The molecule has 1 amide bonds. The van der Waals surface area contributed by atoms with Gasteiger partial charge in [-0.2, -0.15) is 4.72 Å². The van der Waals surface area contributed by atoms with E-state index in [1.807, 2.05) is 32.9 Å². The first-order valence-corrected chi connectivity index (χ1v) is 14.3. The lowest BCUT2D eigenvalue weighted by atomic mass is 9.87.